The smallest absolute Gasteiger partial charge is 0.295 e. The quantitative estimate of drug-likeness (QED) is 0.482. The van der Waals surface area contributed by atoms with Gasteiger partial charge in [-0.3, -0.25) is 4.79 Å². The predicted octanol–water partition coefficient (Wildman–Crippen LogP) is 3.50. The fourth-order valence-electron chi connectivity index (χ4n) is 2.89. The molecule has 4 aromatic rings. The molecule has 1 N–H and O–H groups in total. The topological polar surface area (TPSA) is 97.2 Å². The lowest BCUT2D eigenvalue weighted by molar-refractivity contribution is 0.101. The van der Waals surface area contributed by atoms with Gasteiger partial charge in [-0.1, -0.05) is 36.4 Å². The van der Waals surface area contributed by atoms with Crippen LogP contribution in [-0.4, -0.2) is 47.5 Å². The van der Waals surface area contributed by atoms with Crippen LogP contribution in [0.2, 0.25) is 0 Å². The molecule has 0 fully saturated rings. The highest BCUT2D eigenvalue weighted by Gasteiger charge is 2.24. The lowest BCUT2D eigenvalue weighted by atomic mass is 10.3. The van der Waals surface area contributed by atoms with E-state index in [2.05, 4.69) is 15.4 Å². The van der Waals surface area contributed by atoms with Crippen molar-refractivity contribution in [2.24, 2.45) is 0 Å². The molecule has 0 bridgehead atoms. The number of para-hydroxylation sites is 2. The van der Waals surface area contributed by atoms with Crippen LogP contribution in [0.4, 0.5) is 5.69 Å². The van der Waals surface area contributed by atoms with E-state index < -0.39 is 15.9 Å². The van der Waals surface area contributed by atoms with Gasteiger partial charge in [0.05, 0.1) is 16.3 Å². The zero-order valence-electron chi connectivity index (χ0n) is 16.8. The Morgan fingerprint density at radius 3 is 2.39 bits per heavy atom. The highest BCUT2D eigenvalue weighted by atomic mass is 32.2. The summed E-state index contributed by atoms with van der Waals surface area (Å²) >= 11 is 1.48. The van der Waals surface area contributed by atoms with Gasteiger partial charge in [-0.2, -0.15) is 0 Å². The maximum atomic E-state index is 13.0. The van der Waals surface area contributed by atoms with Crippen molar-refractivity contribution < 1.29 is 13.2 Å². The van der Waals surface area contributed by atoms with E-state index >= 15 is 0 Å². The van der Waals surface area contributed by atoms with E-state index in [9.17, 15) is 13.2 Å². The Hall–Kier alpha value is -3.34. The molecule has 4 rings (SSSR count). The average molecular weight is 454 g/mol. The largest absolute Gasteiger partial charge is 0.318 e. The van der Waals surface area contributed by atoms with Gasteiger partial charge in [0, 0.05) is 14.1 Å². The number of sulfonamides is 1. The predicted molar refractivity (Wildman–Crippen MR) is 120 cm³/mol. The Balaban J connectivity index is 1.73. The van der Waals surface area contributed by atoms with Crippen LogP contribution in [-0.2, 0) is 10.0 Å². The molecule has 0 aliphatic rings. The van der Waals surface area contributed by atoms with Crippen molar-refractivity contribution in [2.75, 3.05) is 19.4 Å². The minimum absolute atomic E-state index is 0.00526. The van der Waals surface area contributed by atoms with Gasteiger partial charge in [-0.25, -0.2) is 22.4 Å². The first-order valence-electron chi connectivity index (χ1n) is 9.27. The molecule has 10 heteroatoms. The molecule has 2 heterocycles. The number of nitrogens with zero attached hydrogens (tertiary/aromatic N) is 4. The number of aromatic nitrogens is 3. The summed E-state index contributed by atoms with van der Waals surface area (Å²) in [4.78, 5) is 18.3. The van der Waals surface area contributed by atoms with Crippen molar-refractivity contribution in [3.05, 3.63) is 77.9 Å². The third-order valence-electron chi connectivity index (χ3n) is 4.45. The molecule has 8 nitrogen and oxygen atoms in total. The zero-order chi connectivity index (χ0) is 22.0. The minimum Gasteiger partial charge on any atom is -0.318 e. The van der Waals surface area contributed by atoms with E-state index in [1.165, 1.54) is 37.6 Å². The summed E-state index contributed by atoms with van der Waals surface area (Å²) < 4.78 is 27.9. The van der Waals surface area contributed by atoms with Crippen LogP contribution >= 0.6 is 11.3 Å². The molecule has 0 radical (unpaired) electrons. The Labute approximate surface area is 183 Å². The SMILES string of the molecule is CN(C)S(=O)(=O)c1ccccc1NC(=O)c1nc(-c2cccs2)n(-c2ccccc2)n1. The molecule has 0 saturated heterocycles. The second-order valence-electron chi connectivity index (χ2n) is 6.72. The normalized spacial score (nSPS) is 11.6. The summed E-state index contributed by atoms with van der Waals surface area (Å²) in [6.45, 7) is 0. The highest BCUT2D eigenvalue weighted by molar-refractivity contribution is 7.89. The third-order valence-corrected chi connectivity index (χ3v) is 7.19. The Kier molecular flexibility index (Phi) is 5.68. The number of benzene rings is 2. The maximum absolute atomic E-state index is 13.0. The fraction of sp³-hybridized carbons (Fsp3) is 0.0952. The monoisotopic (exact) mass is 453 g/mol. The second-order valence-corrected chi connectivity index (χ2v) is 9.79. The van der Waals surface area contributed by atoms with Crippen molar-refractivity contribution in [1.29, 1.82) is 0 Å². The van der Waals surface area contributed by atoms with E-state index in [1.54, 1.807) is 16.8 Å². The first-order valence-corrected chi connectivity index (χ1v) is 11.6. The van der Waals surface area contributed by atoms with Crippen LogP contribution in [0.25, 0.3) is 16.4 Å². The zero-order valence-corrected chi connectivity index (χ0v) is 18.4. The standard InChI is InChI=1S/C21H19N5O3S2/c1-25(2)31(28,29)18-13-7-6-11-16(18)22-21(27)19-23-20(17-12-8-14-30-17)26(24-19)15-9-4-3-5-10-15/h3-14H,1-2H3,(H,22,27). The molecule has 0 unspecified atom stereocenters. The summed E-state index contributed by atoms with van der Waals surface area (Å²) in [6, 6.07) is 19.4. The number of nitrogens with one attached hydrogen (secondary N) is 1. The first kappa shape index (κ1) is 20.9. The van der Waals surface area contributed by atoms with E-state index in [-0.39, 0.29) is 16.4 Å². The third kappa shape index (κ3) is 4.13. The Morgan fingerprint density at radius 1 is 1.00 bits per heavy atom. The molecular weight excluding hydrogens is 434 g/mol. The van der Waals surface area contributed by atoms with Crippen molar-refractivity contribution >= 4 is 33.0 Å². The van der Waals surface area contributed by atoms with Gasteiger partial charge < -0.3 is 5.32 Å². The van der Waals surface area contributed by atoms with Gasteiger partial charge in [0.25, 0.3) is 5.91 Å². The van der Waals surface area contributed by atoms with Crippen LogP contribution < -0.4 is 5.32 Å². The van der Waals surface area contributed by atoms with Crippen molar-refractivity contribution in [3.63, 3.8) is 0 Å². The van der Waals surface area contributed by atoms with Crippen molar-refractivity contribution in [2.45, 2.75) is 4.90 Å². The van der Waals surface area contributed by atoms with Crippen LogP contribution in [0.5, 0.6) is 0 Å². The van der Waals surface area contributed by atoms with E-state index in [4.69, 9.17) is 0 Å². The number of carbonyl (C=O) groups excluding carboxylic acids is 1. The van der Waals surface area contributed by atoms with Crippen molar-refractivity contribution in [3.8, 4) is 16.4 Å². The minimum atomic E-state index is -3.74. The lowest BCUT2D eigenvalue weighted by Gasteiger charge is -2.15. The van der Waals surface area contributed by atoms with Gasteiger partial charge in [0.15, 0.2) is 5.82 Å². The fourth-order valence-corrected chi connectivity index (χ4v) is 4.63. The lowest BCUT2D eigenvalue weighted by Crippen LogP contribution is -2.24. The van der Waals surface area contributed by atoms with Gasteiger partial charge in [0.2, 0.25) is 15.8 Å². The van der Waals surface area contributed by atoms with Gasteiger partial charge in [-0.15, -0.1) is 16.4 Å². The van der Waals surface area contributed by atoms with E-state index in [0.717, 1.165) is 14.9 Å². The average Bonchev–Trinajstić information content (AvgIpc) is 3.44. The first-order chi connectivity index (χ1) is 14.9. The number of carbonyl (C=O) groups is 1. The summed E-state index contributed by atoms with van der Waals surface area (Å²) in [5, 5.41) is 8.96. The second kappa shape index (κ2) is 8.42. The molecule has 0 aliphatic carbocycles. The van der Waals surface area contributed by atoms with E-state index in [1.807, 2.05) is 47.8 Å². The molecule has 0 spiro atoms. The summed E-state index contributed by atoms with van der Waals surface area (Å²) in [5.41, 5.74) is 0.919. The number of hydrogen-bond acceptors (Lipinski definition) is 6. The van der Waals surface area contributed by atoms with Crippen LogP contribution in [0.1, 0.15) is 10.6 Å². The molecule has 31 heavy (non-hydrogen) atoms. The number of hydrogen-bond donors (Lipinski definition) is 1. The van der Waals surface area contributed by atoms with Gasteiger partial charge in [-0.05, 0) is 35.7 Å². The van der Waals surface area contributed by atoms with Crippen molar-refractivity contribution in [1.82, 2.24) is 19.1 Å². The molecule has 0 atom stereocenters. The van der Waals surface area contributed by atoms with Crippen LogP contribution in [0, 0.1) is 0 Å². The molecule has 0 aliphatic heterocycles. The molecular formula is C21H19N5O3S2. The maximum Gasteiger partial charge on any atom is 0.295 e. The number of thiophene rings is 1. The number of rotatable bonds is 6. The Morgan fingerprint density at radius 2 is 1.71 bits per heavy atom. The Bertz CT molecular complexity index is 1310. The molecule has 158 valence electrons. The van der Waals surface area contributed by atoms with E-state index in [0.29, 0.717) is 5.82 Å². The summed E-state index contributed by atoms with van der Waals surface area (Å²) in [6.07, 6.45) is 0. The molecule has 0 saturated carbocycles. The molecule has 2 aromatic heterocycles. The summed E-state index contributed by atoms with van der Waals surface area (Å²) in [5.74, 6) is -0.140. The highest BCUT2D eigenvalue weighted by Crippen LogP contribution is 2.27. The summed E-state index contributed by atoms with van der Waals surface area (Å²) in [7, 11) is -0.873. The van der Waals surface area contributed by atoms with Crippen LogP contribution in [0.15, 0.2) is 77.0 Å². The number of anilines is 1. The van der Waals surface area contributed by atoms with Gasteiger partial charge in [0.1, 0.15) is 4.90 Å². The molecule has 2 aromatic carbocycles. The molecule has 1 amide bonds. The van der Waals surface area contributed by atoms with Gasteiger partial charge >= 0.3 is 0 Å². The number of amides is 1. The van der Waals surface area contributed by atoms with Crippen LogP contribution in [0.3, 0.4) is 0 Å².